The van der Waals surface area contributed by atoms with Crippen LogP contribution in [0.3, 0.4) is 0 Å². The van der Waals surface area contributed by atoms with E-state index in [4.69, 9.17) is 0 Å². The molecule has 0 bridgehead atoms. The van der Waals surface area contributed by atoms with E-state index in [2.05, 4.69) is 29.4 Å². The Bertz CT molecular complexity index is 309. The average molecular weight is 372 g/mol. The Hall–Kier alpha value is 0.320. The number of likely N-dealkylation sites (tertiary alicyclic amines) is 1. The van der Waals surface area contributed by atoms with E-state index in [0.29, 0.717) is 18.5 Å². The molecule has 132 valence electrons. The average Bonchev–Trinajstić information content (AvgIpc) is 2.46. The molecule has 2 aliphatic heterocycles. The molecule has 2 atom stereocenters. The Labute approximate surface area is 151 Å². The fourth-order valence-electron chi connectivity index (χ4n) is 2.91. The third kappa shape index (κ3) is 7.73. The van der Waals surface area contributed by atoms with E-state index in [0.717, 1.165) is 24.8 Å². The molecular formula is C15H31Cl2N3OS. The Morgan fingerprint density at radius 3 is 2.64 bits per heavy atom. The molecule has 2 aliphatic rings. The highest BCUT2D eigenvalue weighted by Crippen LogP contribution is 2.17. The quantitative estimate of drug-likeness (QED) is 0.776. The standard InChI is InChI=1S/C15H29N3OS.2ClH/c1-12-3-6-18(7-4-12)13(2)10-17-15(19)9-14-11-20-8-5-16-14;;/h12-14,16H,3-11H2,1-2H3,(H,17,19);2*1H. The van der Waals surface area contributed by atoms with Crippen molar-refractivity contribution >= 4 is 42.5 Å². The SMILES string of the molecule is CC1CCN(C(C)CNC(=O)CC2CSCCN2)CC1.Cl.Cl. The lowest BCUT2D eigenvalue weighted by Gasteiger charge is -2.35. The van der Waals surface area contributed by atoms with Crippen LogP contribution in [0.2, 0.25) is 0 Å². The van der Waals surface area contributed by atoms with Crippen LogP contribution in [0, 0.1) is 5.92 Å². The first kappa shape index (κ1) is 22.3. The molecule has 22 heavy (non-hydrogen) atoms. The Balaban J connectivity index is 0.00000220. The summed E-state index contributed by atoms with van der Waals surface area (Å²) in [5.74, 6) is 3.29. The van der Waals surface area contributed by atoms with Crippen LogP contribution in [0.15, 0.2) is 0 Å². The van der Waals surface area contributed by atoms with E-state index < -0.39 is 0 Å². The molecule has 0 radical (unpaired) electrons. The summed E-state index contributed by atoms with van der Waals surface area (Å²) < 4.78 is 0. The maximum absolute atomic E-state index is 12.0. The third-order valence-corrected chi connectivity index (χ3v) is 5.60. The van der Waals surface area contributed by atoms with Crippen molar-refractivity contribution in [2.75, 3.05) is 37.7 Å². The zero-order chi connectivity index (χ0) is 14.4. The smallest absolute Gasteiger partial charge is 0.221 e. The lowest BCUT2D eigenvalue weighted by molar-refractivity contribution is -0.121. The highest BCUT2D eigenvalue weighted by atomic mass is 35.5. The summed E-state index contributed by atoms with van der Waals surface area (Å²) in [5.41, 5.74) is 0. The number of hydrogen-bond acceptors (Lipinski definition) is 4. The minimum Gasteiger partial charge on any atom is -0.354 e. The molecule has 2 unspecified atom stereocenters. The molecule has 0 aromatic carbocycles. The van der Waals surface area contributed by atoms with Crippen molar-refractivity contribution in [1.29, 1.82) is 0 Å². The summed E-state index contributed by atoms with van der Waals surface area (Å²) >= 11 is 1.94. The van der Waals surface area contributed by atoms with E-state index in [9.17, 15) is 4.79 Å². The molecule has 2 saturated heterocycles. The second-order valence-corrected chi connectivity index (χ2v) is 7.45. The molecule has 0 saturated carbocycles. The van der Waals surface area contributed by atoms with Crippen molar-refractivity contribution in [2.45, 2.75) is 45.2 Å². The van der Waals surface area contributed by atoms with E-state index >= 15 is 0 Å². The second-order valence-electron chi connectivity index (χ2n) is 6.30. The van der Waals surface area contributed by atoms with Crippen LogP contribution < -0.4 is 10.6 Å². The van der Waals surface area contributed by atoms with Crippen molar-refractivity contribution < 1.29 is 4.79 Å². The summed E-state index contributed by atoms with van der Waals surface area (Å²) in [7, 11) is 0. The normalized spacial score (nSPS) is 24.7. The fourth-order valence-corrected chi connectivity index (χ4v) is 3.86. The van der Waals surface area contributed by atoms with Gasteiger partial charge in [0.05, 0.1) is 0 Å². The van der Waals surface area contributed by atoms with Gasteiger partial charge in [0.2, 0.25) is 5.91 Å². The van der Waals surface area contributed by atoms with Gasteiger partial charge in [-0.2, -0.15) is 11.8 Å². The van der Waals surface area contributed by atoms with Gasteiger partial charge in [-0.15, -0.1) is 24.8 Å². The van der Waals surface area contributed by atoms with Gasteiger partial charge in [0, 0.05) is 43.1 Å². The van der Waals surface area contributed by atoms with Crippen molar-refractivity contribution in [2.24, 2.45) is 5.92 Å². The Morgan fingerprint density at radius 2 is 2.05 bits per heavy atom. The van der Waals surface area contributed by atoms with Crippen LogP contribution in [-0.4, -0.2) is 60.6 Å². The molecule has 1 amide bonds. The van der Waals surface area contributed by atoms with Gasteiger partial charge in [0.25, 0.3) is 0 Å². The molecule has 7 heteroatoms. The van der Waals surface area contributed by atoms with Crippen LogP contribution in [0.25, 0.3) is 0 Å². The number of carbonyl (C=O) groups is 1. The van der Waals surface area contributed by atoms with Crippen LogP contribution in [0.1, 0.15) is 33.1 Å². The second kappa shape index (κ2) is 11.8. The number of piperidine rings is 1. The van der Waals surface area contributed by atoms with E-state index in [1.54, 1.807) is 0 Å². The van der Waals surface area contributed by atoms with Crippen molar-refractivity contribution in [3.05, 3.63) is 0 Å². The number of halogens is 2. The summed E-state index contributed by atoms with van der Waals surface area (Å²) in [6.07, 6.45) is 3.21. The topological polar surface area (TPSA) is 44.4 Å². The maximum Gasteiger partial charge on any atom is 0.221 e. The first-order valence-electron chi connectivity index (χ1n) is 7.97. The number of hydrogen-bond donors (Lipinski definition) is 2. The summed E-state index contributed by atoms with van der Waals surface area (Å²) in [6.45, 7) is 8.74. The Morgan fingerprint density at radius 1 is 1.36 bits per heavy atom. The molecule has 4 nitrogen and oxygen atoms in total. The van der Waals surface area contributed by atoms with Gasteiger partial charge in [-0.1, -0.05) is 6.92 Å². The van der Waals surface area contributed by atoms with Crippen LogP contribution in [0.5, 0.6) is 0 Å². The van der Waals surface area contributed by atoms with Gasteiger partial charge in [0.1, 0.15) is 0 Å². The van der Waals surface area contributed by atoms with Gasteiger partial charge < -0.3 is 10.6 Å². The summed E-state index contributed by atoms with van der Waals surface area (Å²) in [4.78, 5) is 14.5. The van der Waals surface area contributed by atoms with Gasteiger partial charge >= 0.3 is 0 Å². The third-order valence-electron chi connectivity index (χ3n) is 4.47. The highest BCUT2D eigenvalue weighted by molar-refractivity contribution is 7.99. The maximum atomic E-state index is 12.0. The van der Waals surface area contributed by atoms with Crippen molar-refractivity contribution in [1.82, 2.24) is 15.5 Å². The lowest BCUT2D eigenvalue weighted by Crippen LogP contribution is -2.47. The first-order valence-corrected chi connectivity index (χ1v) is 9.12. The van der Waals surface area contributed by atoms with Crippen LogP contribution in [0.4, 0.5) is 0 Å². The van der Waals surface area contributed by atoms with E-state index in [1.165, 1.54) is 31.7 Å². The molecule has 2 fully saturated rings. The predicted molar refractivity (Wildman–Crippen MR) is 101 cm³/mol. The van der Waals surface area contributed by atoms with Gasteiger partial charge in [-0.25, -0.2) is 0 Å². The van der Waals surface area contributed by atoms with Crippen LogP contribution >= 0.6 is 36.6 Å². The predicted octanol–water partition coefficient (Wildman–Crippen LogP) is 2.16. The Kier molecular flexibility index (Phi) is 12.0. The molecule has 2 heterocycles. The number of carbonyl (C=O) groups excluding carboxylic acids is 1. The monoisotopic (exact) mass is 371 g/mol. The summed E-state index contributed by atoms with van der Waals surface area (Å²) in [6, 6.07) is 0.819. The first-order chi connectivity index (χ1) is 9.65. The molecule has 2 N–H and O–H groups in total. The lowest BCUT2D eigenvalue weighted by atomic mass is 9.98. The van der Waals surface area contributed by atoms with Crippen LogP contribution in [-0.2, 0) is 4.79 Å². The molecule has 0 aromatic rings. The summed E-state index contributed by atoms with van der Waals surface area (Å²) in [5, 5.41) is 6.52. The minimum atomic E-state index is 0. The van der Waals surface area contributed by atoms with E-state index in [1.807, 2.05) is 11.8 Å². The molecule has 2 rings (SSSR count). The van der Waals surface area contributed by atoms with E-state index in [-0.39, 0.29) is 30.7 Å². The zero-order valence-corrected chi connectivity index (χ0v) is 16.1. The van der Waals surface area contributed by atoms with Gasteiger partial charge in [-0.05, 0) is 38.8 Å². The van der Waals surface area contributed by atoms with Gasteiger partial charge in [0.15, 0.2) is 0 Å². The zero-order valence-electron chi connectivity index (χ0n) is 13.7. The molecular weight excluding hydrogens is 341 g/mol. The molecule has 0 aliphatic carbocycles. The van der Waals surface area contributed by atoms with Crippen molar-refractivity contribution in [3.8, 4) is 0 Å². The number of rotatable bonds is 5. The molecule has 0 aromatic heterocycles. The van der Waals surface area contributed by atoms with Gasteiger partial charge in [-0.3, -0.25) is 9.69 Å². The largest absolute Gasteiger partial charge is 0.354 e. The minimum absolute atomic E-state index is 0. The number of nitrogens with zero attached hydrogens (tertiary/aromatic N) is 1. The highest BCUT2D eigenvalue weighted by Gasteiger charge is 2.21. The number of thioether (sulfide) groups is 1. The molecule has 0 spiro atoms. The number of nitrogens with one attached hydrogen (secondary N) is 2. The number of amides is 1. The van der Waals surface area contributed by atoms with Crippen molar-refractivity contribution in [3.63, 3.8) is 0 Å². The fraction of sp³-hybridized carbons (Fsp3) is 0.933.